The van der Waals surface area contributed by atoms with E-state index in [0.717, 1.165) is 21.6 Å². The first-order valence-electron chi connectivity index (χ1n) is 5.92. The molecule has 0 bridgehead atoms. The first kappa shape index (κ1) is 12.5. The van der Waals surface area contributed by atoms with Crippen molar-refractivity contribution < 1.29 is 13.6 Å². The van der Waals surface area contributed by atoms with Crippen LogP contribution in [0.1, 0.15) is 6.42 Å². The summed E-state index contributed by atoms with van der Waals surface area (Å²) >= 11 is 2.29. The van der Waals surface area contributed by atoms with Gasteiger partial charge in [0.15, 0.2) is 11.2 Å². The predicted molar refractivity (Wildman–Crippen MR) is 81.3 cm³/mol. The molecule has 4 nitrogen and oxygen atoms in total. The summed E-state index contributed by atoms with van der Waals surface area (Å²) in [5.74, 6) is 0.514. The Kier molecular flexibility index (Phi) is 3.46. The second kappa shape index (κ2) is 5.24. The third-order valence-electron chi connectivity index (χ3n) is 2.81. The van der Waals surface area contributed by atoms with Crippen molar-refractivity contribution in [2.75, 3.05) is 11.0 Å². The molecule has 98 valence electrons. The molecule has 0 aliphatic heterocycles. The van der Waals surface area contributed by atoms with E-state index in [2.05, 4.69) is 22.6 Å². The van der Waals surface area contributed by atoms with Crippen LogP contribution in [0.15, 0.2) is 44.2 Å². The van der Waals surface area contributed by atoms with Gasteiger partial charge in [0.05, 0.1) is 12.9 Å². The summed E-state index contributed by atoms with van der Waals surface area (Å²) in [6, 6.07) is 6.93. The zero-order valence-electron chi connectivity index (χ0n) is 10.0. The Morgan fingerprint density at radius 2 is 2.00 bits per heavy atom. The van der Waals surface area contributed by atoms with E-state index < -0.39 is 5.63 Å². The number of alkyl halides is 1. The molecule has 0 aliphatic rings. The van der Waals surface area contributed by atoms with Gasteiger partial charge in [-0.2, -0.15) is 0 Å². The largest absolute Gasteiger partial charge is 0.486 e. The normalized spacial score (nSPS) is 11.2. The second-order valence-electron chi connectivity index (χ2n) is 4.11. The molecule has 0 atom stereocenters. The SMILES string of the molecule is O=c1ccc2cc3ccoc3c(OCCCI)c2o1. The summed E-state index contributed by atoms with van der Waals surface area (Å²) in [7, 11) is 0. The van der Waals surface area contributed by atoms with E-state index in [-0.39, 0.29) is 0 Å². The Hall–Kier alpha value is -1.50. The number of rotatable bonds is 4. The highest BCUT2D eigenvalue weighted by Crippen LogP contribution is 2.34. The van der Waals surface area contributed by atoms with Crippen LogP contribution in [0.3, 0.4) is 0 Å². The van der Waals surface area contributed by atoms with Gasteiger partial charge in [-0.05, 0) is 24.6 Å². The van der Waals surface area contributed by atoms with Crippen molar-refractivity contribution in [1.29, 1.82) is 0 Å². The minimum absolute atomic E-state index is 0.392. The zero-order chi connectivity index (χ0) is 13.2. The van der Waals surface area contributed by atoms with Crippen LogP contribution in [0.5, 0.6) is 5.75 Å². The maximum atomic E-state index is 11.4. The molecule has 1 aromatic carbocycles. The van der Waals surface area contributed by atoms with Crippen LogP contribution in [0, 0.1) is 0 Å². The quantitative estimate of drug-likeness (QED) is 0.304. The summed E-state index contributed by atoms with van der Waals surface area (Å²) in [6.07, 6.45) is 2.53. The summed E-state index contributed by atoms with van der Waals surface area (Å²) in [4.78, 5) is 11.4. The van der Waals surface area contributed by atoms with Gasteiger partial charge in [-0.25, -0.2) is 4.79 Å². The van der Waals surface area contributed by atoms with E-state index in [4.69, 9.17) is 13.6 Å². The minimum Gasteiger partial charge on any atom is -0.486 e. The van der Waals surface area contributed by atoms with Crippen LogP contribution < -0.4 is 10.4 Å². The fraction of sp³-hybridized carbons (Fsp3) is 0.214. The van der Waals surface area contributed by atoms with Gasteiger partial charge < -0.3 is 13.6 Å². The molecule has 0 N–H and O–H groups in total. The Labute approximate surface area is 122 Å². The molecule has 3 aromatic rings. The Balaban J connectivity index is 2.23. The van der Waals surface area contributed by atoms with Gasteiger partial charge in [-0.15, -0.1) is 0 Å². The molecule has 0 saturated carbocycles. The Bertz CT molecular complexity index is 772. The second-order valence-corrected chi connectivity index (χ2v) is 5.19. The highest BCUT2D eigenvalue weighted by atomic mass is 127. The number of fused-ring (bicyclic) bond motifs is 2. The standard InChI is InChI=1S/C14H11IO4/c15-5-1-6-17-14-12-10(4-7-18-12)8-9-2-3-11(16)19-13(9)14/h2-4,7-8H,1,5-6H2. The van der Waals surface area contributed by atoms with Crippen LogP contribution in [-0.2, 0) is 0 Å². The van der Waals surface area contributed by atoms with E-state index in [1.165, 1.54) is 6.07 Å². The maximum Gasteiger partial charge on any atom is 0.336 e. The van der Waals surface area contributed by atoms with Crippen molar-refractivity contribution in [1.82, 2.24) is 0 Å². The smallest absolute Gasteiger partial charge is 0.336 e. The molecule has 0 aliphatic carbocycles. The maximum absolute atomic E-state index is 11.4. The molecular weight excluding hydrogens is 359 g/mol. The Morgan fingerprint density at radius 3 is 2.84 bits per heavy atom. The van der Waals surface area contributed by atoms with Gasteiger partial charge in [-0.1, -0.05) is 22.6 Å². The number of benzene rings is 1. The number of ether oxygens (including phenoxy) is 1. The van der Waals surface area contributed by atoms with Gasteiger partial charge in [0.25, 0.3) is 0 Å². The highest BCUT2D eigenvalue weighted by molar-refractivity contribution is 14.1. The van der Waals surface area contributed by atoms with Crippen molar-refractivity contribution >= 4 is 44.5 Å². The average Bonchev–Trinajstić information content (AvgIpc) is 2.86. The van der Waals surface area contributed by atoms with Crippen LogP contribution in [-0.4, -0.2) is 11.0 Å². The van der Waals surface area contributed by atoms with Gasteiger partial charge in [0, 0.05) is 21.3 Å². The fourth-order valence-electron chi connectivity index (χ4n) is 1.97. The number of hydrogen-bond donors (Lipinski definition) is 0. The lowest BCUT2D eigenvalue weighted by Gasteiger charge is -2.08. The molecule has 3 rings (SSSR count). The predicted octanol–water partition coefficient (Wildman–Crippen LogP) is 3.74. The first-order chi connectivity index (χ1) is 9.29. The lowest BCUT2D eigenvalue weighted by atomic mass is 10.1. The van der Waals surface area contributed by atoms with Gasteiger partial charge in [-0.3, -0.25) is 0 Å². The first-order valence-corrected chi connectivity index (χ1v) is 7.45. The minimum atomic E-state index is -0.392. The monoisotopic (exact) mass is 370 g/mol. The third kappa shape index (κ3) is 2.34. The topological polar surface area (TPSA) is 52.6 Å². The number of halogens is 1. The molecule has 0 unspecified atom stereocenters. The average molecular weight is 370 g/mol. The Morgan fingerprint density at radius 1 is 1.16 bits per heavy atom. The molecule has 0 amide bonds. The molecule has 0 saturated heterocycles. The number of hydrogen-bond acceptors (Lipinski definition) is 4. The molecule has 0 spiro atoms. The lowest BCUT2D eigenvalue weighted by molar-refractivity contribution is 0.316. The summed E-state index contributed by atoms with van der Waals surface area (Å²) in [6.45, 7) is 0.566. The summed E-state index contributed by atoms with van der Waals surface area (Å²) in [5, 5.41) is 1.77. The summed E-state index contributed by atoms with van der Waals surface area (Å²) < 4.78 is 17.5. The molecule has 2 heterocycles. The number of furan rings is 1. The molecule has 19 heavy (non-hydrogen) atoms. The van der Waals surface area contributed by atoms with Crippen molar-refractivity contribution in [3.05, 3.63) is 40.9 Å². The van der Waals surface area contributed by atoms with Crippen LogP contribution in [0.2, 0.25) is 0 Å². The van der Waals surface area contributed by atoms with Crippen molar-refractivity contribution in [3.8, 4) is 5.75 Å². The van der Waals surface area contributed by atoms with Gasteiger partial charge in [0.1, 0.15) is 0 Å². The van der Waals surface area contributed by atoms with E-state index in [1.807, 2.05) is 12.1 Å². The third-order valence-corrected chi connectivity index (χ3v) is 3.57. The van der Waals surface area contributed by atoms with E-state index in [0.29, 0.717) is 23.5 Å². The van der Waals surface area contributed by atoms with Crippen LogP contribution >= 0.6 is 22.6 Å². The fourth-order valence-corrected chi connectivity index (χ4v) is 2.28. The highest BCUT2D eigenvalue weighted by Gasteiger charge is 2.14. The molecule has 5 heteroatoms. The summed E-state index contributed by atoms with van der Waals surface area (Å²) in [5.41, 5.74) is 0.677. The molecule has 2 aromatic heterocycles. The van der Waals surface area contributed by atoms with E-state index in [1.54, 1.807) is 12.3 Å². The van der Waals surface area contributed by atoms with Crippen molar-refractivity contribution in [2.24, 2.45) is 0 Å². The van der Waals surface area contributed by atoms with Crippen molar-refractivity contribution in [3.63, 3.8) is 0 Å². The molecule has 0 radical (unpaired) electrons. The van der Waals surface area contributed by atoms with Gasteiger partial charge >= 0.3 is 5.63 Å². The van der Waals surface area contributed by atoms with Gasteiger partial charge in [0.2, 0.25) is 5.75 Å². The van der Waals surface area contributed by atoms with Crippen LogP contribution in [0.4, 0.5) is 0 Å². The van der Waals surface area contributed by atoms with E-state index >= 15 is 0 Å². The molecular formula is C14H11IO4. The van der Waals surface area contributed by atoms with Crippen molar-refractivity contribution in [2.45, 2.75) is 6.42 Å². The molecule has 0 fully saturated rings. The zero-order valence-corrected chi connectivity index (χ0v) is 12.2. The van der Waals surface area contributed by atoms with E-state index in [9.17, 15) is 4.79 Å². The van der Waals surface area contributed by atoms with Crippen LogP contribution in [0.25, 0.3) is 21.9 Å². The lowest BCUT2D eigenvalue weighted by Crippen LogP contribution is -2.01.